The predicted octanol–water partition coefficient (Wildman–Crippen LogP) is 2.99. The third-order valence-electron chi connectivity index (χ3n) is 2.96. The number of nitrogens with one attached hydrogen (secondary N) is 1. The van der Waals surface area contributed by atoms with Crippen LogP contribution < -0.4 is 5.32 Å². The molecule has 0 radical (unpaired) electrons. The summed E-state index contributed by atoms with van der Waals surface area (Å²) in [6, 6.07) is 5.52. The third-order valence-corrected chi connectivity index (χ3v) is 4.01. The maximum absolute atomic E-state index is 11.9. The van der Waals surface area contributed by atoms with Gasteiger partial charge >= 0.3 is 5.97 Å². The average molecular weight is 328 g/mol. The molecule has 0 aliphatic rings. The topological polar surface area (TPSA) is 66.4 Å². The second-order valence-corrected chi connectivity index (χ2v) is 5.37. The zero-order valence-corrected chi connectivity index (χ0v) is 12.7. The molecule has 1 amide bonds. The van der Waals surface area contributed by atoms with Crippen LogP contribution in [0.4, 0.5) is 0 Å². The van der Waals surface area contributed by atoms with Crippen LogP contribution in [0.1, 0.15) is 35.7 Å². The Kier molecular flexibility index (Phi) is 6.02. The number of halogens is 1. The summed E-state index contributed by atoms with van der Waals surface area (Å²) >= 11 is 3.39. The molecule has 0 fully saturated rings. The average Bonchev–Trinajstić information content (AvgIpc) is 2.37. The summed E-state index contributed by atoms with van der Waals surface area (Å²) < 4.78 is 0.798. The van der Waals surface area contributed by atoms with Gasteiger partial charge in [0.15, 0.2) is 0 Å². The van der Waals surface area contributed by atoms with E-state index in [1.165, 1.54) is 0 Å². The number of hydrogen-bond acceptors (Lipinski definition) is 2. The van der Waals surface area contributed by atoms with Gasteiger partial charge in [0.2, 0.25) is 0 Å². The highest BCUT2D eigenvalue weighted by Crippen LogP contribution is 2.20. The van der Waals surface area contributed by atoms with E-state index in [1.807, 2.05) is 19.1 Å². The molecule has 0 aliphatic carbocycles. The summed E-state index contributed by atoms with van der Waals surface area (Å²) in [7, 11) is 0. The van der Waals surface area contributed by atoms with Crippen molar-refractivity contribution in [1.29, 1.82) is 0 Å². The lowest BCUT2D eigenvalue weighted by Crippen LogP contribution is -2.25. The lowest BCUT2D eigenvalue weighted by atomic mass is 10.1. The van der Waals surface area contributed by atoms with Gasteiger partial charge in [-0.15, -0.1) is 0 Å². The van der Waals surface area contributed by atoms with Crippen molar-refractivity contribution in [3.63, 3.8) is 0 Å². The zero-order valence-electron chi connectivity index (χ0n) is 11.1. The number of aliphatic carboxylic acids is 1. The summed E-state index contributed by atoms with van der Waals surface area (Å²) in [5, 5.41) is 11.5. The maximum Gasteiger partial charge on any atom is 0.306 e. The molecular weight excluding hydrogens is 310 g/mol. The van der Waals surface area contributed by atoms with E-state index in [0.29, 0.717) is 24.9 Å². The Hall–Kier alpha value is -1.36. The van der Waals surface area contributed by atoms with Crippen molar-refractivity contribution in [1.82, 2.24) is 5.32 Å². The smallest absolute Gasteiger partial charge is 0.306 e. The van der Waals surface area contributed by atoms with Gasteiger partial charge in [-0.1, -0.05) is 19.1 Å². The molecule has 104 valence electrons. The molecule has 4 nitrogen and oxygen atoms in total. The van der Waals surface area contributed by atoms with Crippen molar-refractivity contribution < 1.29 is 14.7 Å². The van der Waals surface area contributed by atoms with Crippen LogP contribution in [0.15, 0.2) is 22.7 Å². The van der Waals surface area contributed by atoms with E-state index in [1.54, 1.807) is 13.0 Å². The van der Waals surface area contributed by atoms with Gasteiger partial charge in [-0.05, 0) is 47.3 Å². The van der Waals surface area contributed by atoms with Crippen molar-refractivity contribution in [2.24, 2.45) is 5.92 Å². The number of carboxylic acid groups (broad SMARTS) is 1. The first-order valence-electron chi connectivity index (χ1n) is 6.19. The number of carboxylic acids is 1. The quantitative estimate of drug-likeness (QED) is 0.789. The second kappa shape index (κ2) is 7.28. The number of aryl methyl sites for hydroxylation is 1. The van der Waals surface area contributed by atoms with Crippen molar-refractivity contribution >= 4 is 27.8 Å². The van der Waals surface area contributed by atoms with Gasteiger partial charge < -0.3 is 10.4 Å². The fourth-order valence-corrected chi connectivity index (χ4v) is 2.10. The fourth-order valence-electron chi connectivity index (χ4n) is 1.65. The lowest BCUT2D eigenvalue weighted by molar-refractivity contribution is -0.141. The van der Waals surface area contributed by atoms with Crippen molar-refractivity contribution in [3.05, 3.63) is 33.8 Å². The molecule has 0 aromatic heterocycles. The molecule has 0 aliphatic heterocycles. The molecule has 1 unspecified atom stereocenters. The fraction of sp³-hybridized carbons (Fsp3) is 0.429. The minimum Gasteiger partial charge on any atom is -0.481 e. The molecule has 0 bridgehead atoms. The van der Waals surface area contributed by atoms with Crippen molar-refractivity contribution in [2.75, 3.05) is 6.54 Å². The number of carbonyl (C=O) groups excluding carboxylic acids is 1. The number of amides is 1. The van der Waals surface area contributed by atoms with Crippen LogP contribution in [0.2, 0.25) is 0 Å². The Morgan fingerprint density at radius 3 is 2.74 bits per heavy atom. The summed E-state index contributed by atoms with van der Waals surface area (Å²) in [4.78, 5) is 22.6. The van der Waals surface area contributed by atoms with Gasteiger partial charge in [-0.3, -0.25) is 9.59 Å². The minimum absolute atomic E-state index is 0.140. The molecule has 0 saturated carbocycles. The Bertz CT molecular complexity index is 474. The Balaban J connectivity index is 2.44. The van der Waals surface area contributed by atoms with E-state index in [9.17, 15) is 9.59 Å². The number of benzene rings is 1. The monoisotopic (exact) mass is 327 g/mol. The van der Waals surface area contributed by atoms with Crippen LogP contribution in [0, 0.1) is 12.8 Å². The summed E-state index contributed by atoms with van der Waals surface area (Å²) in [6.45, 7) is 4.08. The number of rotatable bonds is 6. The highest BCUT2D eigenvalue weighted by Gasteiger charge is 2.12. The Labute approximate surface area is 121 Å². The number of hydrogen-bond donors (Lipinski definition) is 2. The molecule has 1 atom stereocenters. The molecule has 0 heterocycles. The van der Waals surface area contributed by atoms with Crippen LogP contribution >= 0.6 is 15.9 Å². The predicted molar refractivity (Wildman–Crippen MR) is 77.2 cm³/mol. The van der Waals surface area contributed by atoms with Gasteiger partial charge in [0.1, 0.15) is 0 Å². The van der Waals surface area contributed by atoms with Crippen molar-refractivity contribution in [3.8, 4) is 0 Å². The van der Waals surface area contributed by atoms with Crippen LogP contribution in [0.5, 0.6) is 0 Å². The highest BCUT2D eigenvalue weighted by molar-refractivity contribution is 9.10. The summed E-state index contributed by atoms with van der Waals surface area (Å²) in [5.41, 5.74) is 1.61. The SMILES string of the molecule is Cc1cccc(C(=O)NCCCC(C)C(=O)O)c1Br. The molecule has 1 rings (SSSR count). The first-order valence-corrected chi connectivity index (χ1v) is 6.99. The molecule has 1 aromatic rings. The van der Waals surface area contributed by atoms with Crippen LogP contribution in [0.25, 0.3) is 0 Å². The Morgan fingerprint density at radius 1 is 1.42 bits per heavy atom. The third kappa shape index (κ3) is 4.67. The molecule has 5 heteroatoms. The van der Waals surface area contributed by atoms with E-state index >= 15 is 0 Å². The summed E-state index contributed by atoms with van der Waals surface area (Å²) in [5.74, 6) is -1.31. The molecular formula is C14H18BrNO3. The maximum atomic E-state index is 11.9. The molecule has 0 spiro atoms. The van der Waals surface area contributed by atoms with Crippen LogP contribution in [-0.2, 0) is 4.79 Å². The molecule has 0 saturated heterocycles. The minimum atomic E-state index is -0.798. The first-order chi connectivity index (χ1) is 8.93. The normalized spacial score (nSPS) is 11.9. The van der Waals surface area contributed by atoms with Crippen LogP contribution in [-0.4, -0.2) is 23.5 Å². The van der Waals surface area contributed by atoms with Gasteiger partial charge in [0.05, 0.1) is 11.5 Å². The summed E-state index contributed by atoms with van der Waals surface area (Å²) in [6.07, 6.45) is 1.22. The van der Waals surface area contributed by atoms with E-state index in [0.717, 1.165) is 10.0 Å². The van der Waals surface area contributed by atoms with Gasteiger partial charge in [0.25, 0.3) is 5.91 Å². The largest absolute Gasteiger partial charge is 0.481 e. The van der Waals surface area contributed by atoms with Crippen molar-refractivity contribution in [2.45, 2.75) is 26.7 Å². The highest BCUT2D eigenvalue weighted by atomic mass is 79.9. The molecule has 19 heavy (non-hydrogen) atoms. The Morgan fingerprint density at radius 2 is 2.11 bits per heavy atom. The molecule has 2 N–H and O–H groups in total. The van der Waals surface area contributed by atoms with E-state index < -0.39 is 5.97 Å². The standard InChI is InChI=1S/C14H18BrNO3/c1-9-5-3-7-11(12(9)15)13(17)16-8-4-6-10(2)14(18)19/h3,5,7,10H,4,6,8H2,1-2H3,(H,16,17)(H,18,19). The van der Waals surface area contributed by atoms with Gasteiger partial charge in [-0.25, -0.2) is 0 Å². The van der Waals surface area contributed by atoms with Gasteiger partial charge in [0, 0.05) is 11.0 Å². The number of carbonyl (C=O) groups is 2. The van der Waals surface area contributed by atoms with Crippen LogP contribution in [0.3, 0.4) is 0 Å². The van der Waals surface area contributed by atoms with E-state index in [-0.39, 0.29) is 11.8 Å². The lowest BCUT2D eigenvalue weighted by Gasteiger charge is -2.09. The zero-order chi connectivity index (χ0) is 14.4. The first kappa shape index (κ1) is 15.7. The molecule has 1 aromatic carbocycles. The van der Waals surface area contributed by atoms with E-state index in [2.05, 4.69) is 21.2 Å². The second-order valence-electron chi connectivity index (χ2n) is 4.57. The van der Waals surface area contributed by atoms with E-state index in [4.69, 9.17) is 5.11 Å². The van der Waals surface area contributed by atoms with Gasteiger partial charge in [-0.2, -0.15) is 0 Å².